The topological polar surface area (TPSA) is 10.4 Å². The van der Waals surface area contributed by atoms with Gasteiger partial charge in [0, 0.05) is 6.07 Å². The molecule has 0 fully saturated rings. The van der Waals surface area contributed by atoms with Crippen LogP contribution in [0.2, 0.25) is 0 Å². The van der Waals surface area contributed by atoms with Gasteiger partial charge in [0.25, 0.3) is 5.82 Å². The Hall–Kier alpha value is -1.24. The smallest absolute Gasteiger partial charge is 0.364 e. The first kappa shape index (κ1) is 12.8. The molecule has 1 aromatic heterocycles. The molecule has 2 heterocycles. The number of benzene rings is 1. The second-order valence-electron chi connectivity index (χ2n) is 4.90. The molecule has 0 saturated carbocycles. The summed E-state index contributed by atoms with van der Waals surface area (Å²) in [5.74, 6) is 1.21. The van der Waals surface area contributed by atoms with Gasteiger partial charge in [-0.25, -0.2) is 4.57 Å². The minimum atomic E-state index is 0.294. The summed E-state index contributed by atoms with van der Waals surface area (Å²) in [7, 11) is 4.24. The van der Waals surface area contributed by atoms with E-state index in [-0.39, 0.29) is 0 Å². The number of anilines is 3. The molecule has 1 aromatic carbocycles. The summed E-state index contributed by atoms with van der Waals surface area (Å²) < 4.78 is 2.17. The van der Waals surface area contributed by atoms with Gasteiger partial charge in [-0.2, -0.15) is 0 Å². The Bertz CT molecular complexity index is 632. The maximum atomic E-state index is 2.49. The molecule has 0 saturated heterocycles. The lowest BCUT2D eigenvalue weighted by Crippen LogP contribution is -2.45. The van der Waals surface area contributed by atoms with Crippen molar-refractivity contribution < 1.29 is 4.57 Å². The third kappa shape index (κ3) is 1.91. The number of para-hydroxylation sites is 1. The zero-order valence-corrected chi connectivity index (χ0v) is 13.5. The predicted octanol–water partition coefficient (Wildman–Crippen LogP) is 2.83. The van der Waals surface area contributed by atoms with E-state index in [0.29, 0.717) is 4.84 Å². The molecule has 2 aromatic rings. The van der Waals surface area contributed by atoms with Crippen LogP contribution in [0.5, 0.6) is 0 Å². The van der Waals surface area contributed by atoms with Crippen molar-refractivity contribution in [2.24, 2.45) is 7.05 Å². The summed E-state index contributed by atoms with van der Waals surface area (Å²) in [6, 6.07) is 12.8. The molecule has 0 radical (unpaired) electrons. The van der Waals surface area contributed by atoms with Crippen LogP contribution in [-0.4, -0.2) is 11.9 Å². The van der Waals surface area contributed by atoms with Gasteiger partial charge in [0.15, 0.2) is 0 Å². The molecular formula is C14H16BIN3+. The van der Waals surface area contributed by atoms with E-state index in [1.165, 1.54) is 22.8 Å². The van der Waals surface area contributed by atoms with E-state index in [1.807, 2.05) is 0 Å². The SMILES string of the molecule is Cc1cccc2c1N(c1cccc[n+]1C)B(I)N2C. The molecule has 0 N–H and O–H groups in total. The number of nitrogens with zero attached hydrogens (tertiary/aromatic N) is 3. The van der Waals surface area contributed by atoms with Crippen LogP contribution < -0.4 is 14.2 Å². The van der Waals surface area contributed by atoms with Crippen LogP contribution in [-0.2, 0) is 7.05 Å². The largest absolute Gasteiger partial charge is 0.573 e. The molecular weight excluding hydrogens is 348 g/mol. The van der Waals surface area contributed by atoms with Crippen molar-refractivity contribution >= 4 is 44.4 Å². The van der Waals surface area contributed by atoms with Crippen LogP contribution >= 0.6 is 22.4 Å². The lowest BCUT2D eigenvalue weighted by molar-refractivity contribution is -0.658. The number of halogens is 1. The first-order valence-corrected chi connectivity index (χ1v) is 7.56. The van der Waals surface area contributed by atoms with Crippen LogP contribution in [0.4, 0.5) is 17.2 Å². The highest BCUT2D eigenvalue weighted by atomic mass is 127. The Kier molecular flexibility index (Phi) is 3.16. The van der Waals surface area contributed by atoms with Crippen LogP contribution in [0.25, 0.3) is 0 Å². The third-order valence-electron chi connectivity index (χ3n) is 3.64. The molecule has 0 unspecified atom stereocenters. The Morgan fingerprint density at radius 2 is 1.95 bits per heavy atom. The average molecular weight is 364 g/mol. The Morgan fingerprint density at radius 1 is 1.16 bits per heavy atom. The first-order chi connectivity index (χ1) is 9.11. The van der Waals surface area contributed by atoms with Crippen molar-refractivity contribution in [1.82, 2.24) is 0 Å². The summed E-state index contributed by atoms with van der Waals surface area (Å²) in [6.45, 7) is 2.18. The molecule has 5 heteroatoms. The van der Waals surface area contributed by atoms with Gasteiger partial charge >= 0.3 is 4.84 Å². The summed E-state index contributed by atoms with van der Waals surface area (Å²) >= 11 is 2.49. The van der Waals surface area contributed by atoms with Gasteiger partial charge < -0.3 is 4.81 Å². The molecule has 1 aliphatic heterocycles. The molecule has 3 nitrogen and oxygen atoms in total. The highest BCUT2D eigenvalue weighted by molar-refractivity contribution is 14.1. The maximum Gasteiger partial charge on any atom is 0.573 e. The average Bonchev–Trinajstić information content (AvgIpc) is 2.65. The minimum absolute atomic E-state index is 0.294. The minimum Gasteiger partial charge on any atom is -0.364 e. The van der Waals surface area contributed by atoms with Crippen molar-refractivity contribution in [3.05, 3.63) is 48.2 Å². The Morgan fingerprint density at radius 3 is 2.68 bits per heavy atom. The lowest BCUT2D eigenvalue weighted by Gasteiger charge is -2.17. The molecule has 3 rings (SSSR count). The van der Waals surface area contributed by atoms with E-state index < -0.39 is 0 Å². The zero-order chi connectivity index (χ0) is 13.6. The summed E-state index contributed by atoms with van der Waals surface area (Å²) in [4.78, 5) is 5.00. The van der Waals surface area contributed by atoms with Crippen molar-refractivity contribution in [2.75, 3.05) is 16.7 Å². The summed E-state index contributed by atoms with van der Waals surface area (Å²) in [6.07, 6.45) is 2.09. The van der Waals surface area contributed by atoms with Crippen LogP contribution in [0.1, 0.15) is 5.56 Å². The molecule has 96 valence electrons. The maximum absolute atomic E-state index is 2.49. The number of hydrogen-bond donors (Lipinski definition) is 0. The van der Waals surface area contributed by atoms with E-state index in [9.17, 15) is 0 Å². The number of aromatic nitrogens is 1. The Balaban J connectivity index is 2.22. The number of rotatable bonds is 1. The van der Waals surface area contributed by atoms with Crippen LogP contribution in [0.3, 0.4) is 0 Å². The molecule has 0 bridgehead atoms. The first-order valence-electron chi connectivity index (χ1n) is 6.31. The van der Waals surface area contributed by atoms with Gasteiger partial charge in [-0.15, -0.1) is 0 Å². The van der Waals surface area contributed by atoms with E-state index in [1.54, 1.807) is 0 Å². The van der Waals surface area contributed by atoms with Gasteiger partial charge in [-0.3, -0.25) is 4.81 Å². The fourth-order valence-electron chi connectivity index (χ4n) is 2.62. The van der Waals surface area contributed by atoms with Crippen molar-refractivity contribution in [1.29, 1.82) is 0 Å². The second-order valence-corrected chi connectivity index (χ2v) is 6.02. The number of fused-ring (bicyclic) bond motifs is 1. The second kappa shape index (κ2) is 4.70. The monoisotopic (exact) mass is 364 g/mol. The molecule has 19 heavy (non-hydrogen) atoms. The van der Waals surface area contributed by atoms with Crippen molar-refractivity contribution in [2.45, 2.75) is 6.92 Å². The molecule has 0 aliphatic carbocycles. The summed E-state index contributed by atoms with van der Waals surface area (Å²) in [5.41, 5.74) is 3.92. The fraction of sp³-hybridized carbons (Fsp3) is 0.214. The standard InChI is InChI=1S/C14H16BIN3/c1-11-7-6-8-12-14(11)19(15(16)18(12)3)13-9-4-5-10-17(13)2/h4-10H,1-3H3/q+1. The normalized spacial score (nSPS) is 14.0. The van der Waals surface area contributed by atoms with E-state index in [4.69, 9.17) is 0 Å². The van der Waals surface area contributed by atoms with Crippen molar-refractivity contribution in [3.8, 4) is 0 Å². The van der Waals surface area contributed by atoms with E-state index >= 15 is 0 Å². The highest BCUT2D eigenvalue weighted by Crippen LogP contribution is 2.44. The third-order valence-corrected chi connectivity index (χ3v) is 5.04. The molecule has 0 spiro atoms. The highest BCUT2D eigenvalue weighted by Gasteiger charge is 2.46. The number of aryl methyl sites for hydroxylation is 2. The lowest BCUT2D eigenvalue weighted by atomic mass is 10.1. The zero-order valence-electron chi connectivity index (χ0n) is 11.3. The van der Waals surface area contributed by atoms with Gasteiger partial charge in [0.2, 0.25) is 0 Å². The van der Waals surface area contributed by atoms with Crippen molar-refractivity contribution in [3.63, 3.8) is 0 Å². The van der Waals surface area contributed by atoms with Gasteiger partial charge in [0.1, 0.15) is 5.69 Å². The van der Waals surface area contributed by atoms with Crippen LogP contribution in [0.15, 0.2) is 42.6 Å². The van der Waals surface area contributed by atoms with E-state index in [2.05, 4.69) is 100 Å². The predicted molar refractivity (Wildman–Crippen MR) is 89.1 cm³/mol. The number of hydrogen-bond acceptors (Lipinski definition) is 2. The van der Waals surface area contributed by atoms with E-state index in [0.717, 1.165) is 0 Å². The fourth-order valence-corrected chi connectivity index (χ4v) is 3.49. The molecule has 1 aliphatic rings. The number of pyridine rings is 1. The van der Waals surface area contributed by atoms with Gasteiger partial charge in [0.05, 0.1) is 18.9 Å². The van der Waals surface area contributed by atoms with Gasteiger partial charge in [-0.1, -0.05) is 40.6 Å². The van der Waals surface area contributed by atoms with Crippen LogP contribution in [0, 0.1) is 6.92 Å². The Labute approximate surface area is 127 Å². The quantitative estimate of drug-likeness (QED) is 0.438. The molecule has 0 atom stereocenters. The van der Waals surface area contributed by atoms with Gasteiger partial charge in [-0.05, 0) is 31.7 Å². The molecule has 0 amide bonds. The summed E-state index contributed by atoms with van der Waals surface area (Å²) in [5, 5.41) is 0.